The van der Waals surface area contributed by atoms with Crippen LogP contribution in [0, 0.1) is 0 Å². The number of carbonyl (C=O) groups excluding carboxylic acids is 1. The third-order valence-corrected chi connectivity index (χ3v) is 5.70. The molecule has 25 heavy (non-hydrogen) atoms. The van der Waals surface area contributed by atoms with Crippen LogP contribution in [0.1, 0.15) is 18.4 Å². The van der Waals surface area contributed by atoms with Crippen LogP contribution in [0.4, 0.5) is 0 Å². The quantitative estimate of drug-likeness (QED) is 0.839. The number of likely N-dealkylation sites (tertiary alicyclic amines) is 1. The highest BCUT2D eigenvalue weighted by molar-refractivity contribution is 7.16. The van der Waals surface area contributed by atoms with Crippen molar-refractivity contribution in [2.24, 2.45) is 4.99 Å². The van der Waals surface area contributed by atoms with E-state index in [1.165, 1.54) is 0 Å². The summed E-state index contributed by atoms with van der Waals surface area (Å²) in [5.74, 6) is 0.517. The molecule has 0 radical (unpaired) electrons. The maximum atomic E-state index is 12.3. The lowest BCUT2D eigenvalue weighted by Crippen LogP contribution is -2.48. The Hall–Kier alpha value is -2.25. The molecule has 1 saturated heterocycles. The molecular weight excluding hydrogens is 334 g/mol. The second-order valence-electron chi connectivity index (χ2n) is 6.64. The SMILES string of the molecule is CN1CCC(N(C)C2=N/C(=C\c3ccc4ncsc4c3)C(=O)N2)CC1. The first kappa shape index (κ1) is 16.2. The van der Waals surface area contributed by atoms with Gasteiger partial charge in [-0.3, -0.25) is 10.1 Å². The number of thiazole rings is 1. The van der Waals surface area contributed by atoms with Crippen LogP contribution in [-0.4, -0.2) is 59.9 Å². The van der Waals surface area contributed by atoms with Gasteiger partial charge in [0.2, 0.25) is 5.96 Å². The van der Waals surface area contributed by atoms with Crippen LogP contribution in [0.5, 0.6) is 0 Å². The van der Waals surface area contributed by atoms with E-state index in [1.807, 2.05) is 36.8 Å². The van der Waals surface area contributed by atoms with Crippen molar-refractivity contribution in [3.63, 3.8) is 0 Å². The largest absolute Gasteiger partial charge is 0.342 e. The average Bonchev–Trinajstić information content (AvgIpc) is 3.21. The fourth-order valence-electron chi connectivity index (χ4n) is 3.30. The van der Waals surface area contributed by atoms with Crippen LogP contribution >= 0.6 is 11.3 Å². The molecule has 1 amide bonds. The summed E-state index contributed by atoms with van der Waals surface area (Å²) < 4.78 is 1.11. The molecule has 1 aromatic heterocycles. The van der Waals surface area contributed by atoms with Gasteiger partial charge in [0.25, 0.3) is 5.91 Å². The molecule has 0 aliphatic carbocycles. The molecule has 1 fully saturated rings. The smallest absolute Gasteiger partial charge is 0.276 e. The number of carbonyl (C=O) groups is 1. The molecule has 0 bridgehead atoms. The summed E-state index contributed by atoms with van der Waals surface area (Å²) in [6.07, 6.45) is 4.01. The summed E-state index contributed by atoms with van der Waals surface area (Å²) in [4.78, 5) is 25.6. The molecule has 1 N–H and O–H groups in total. The lowest BCUT2D eigenvalue weighted by Gasteiger charge is -2.35. The Morgan fingerprint density at radius 1 is 1.36 bits per heavy atom. The molecule has 1 aromatic carbocycles. The number of benzene rings is 1. The van der Waals surface area contributed by atoms with E-state index >= 15 is 0 Å². The zero-order valence-electron chi connectivity index (χ0n) is 14.4. The van der Waals surface area contributed by atoms with Crippen molar-refractivity contribution in [1.29, 1.82) is 0 Å². The van der Waals surface area contributed by atoms with Crippen molar-refractivity contribution in [2.75, 3.05) is 27.2 Å². The van der Waals surface area contributed by atoms with Crippen molar-refractivity contribution in [1.82, 2.24) is 20.1 Å². The Morgan fingerprint density at radius 2 is 2.16 bits per heavy atom. The molecule has 3 heterocycles. The standard InChI is InChI=1S/C18H21N5OS/c1-22-7-5-13(6-8-22)23(2)18-20-15(17(24)21-18)9-12-3-4-14-16(10-12)25-11-19-14/h3-4,9-11,13H,5-8H2,1-2H3,(H,20,21,24)/b15-9-. The second kappa shape index (κ2) is 6.57. The molecule has 7 heteroatoms. The van der Waals surface area contributed by atoms with Crippen LogP contribution in [0.15, 0.2) is 34.4 Å². The number of hydrogen-bond acceptors (Lipinski definition) is 6. The van der Waals surface area contributed by atoms with Crippen LogP contribution in [-0.2, 0) is 4.79 Å². The number of hydrogen-bond donors (Lipinski definition) is 1. The van der Waals surface area contributed by atoms with E-state index in [-0.39, 0.29) is 5.91 Å². The second-order valence-corrected chi connectivity index (χ2v) is 7.53. The Morgan fingerprint density at radius 3 is 2.96 bits per heavy atom. The van der Waals surface area contributed by atoms with Gasteiger partial charge in [-0.05, 0) is 56.8 Å². The molecular formula is C18H21N5OS. The molecule has 4 rings (SSSR count). The number of aromatic nitrogens is 1. The molecule has 2 aliphatic rings. The molecule has 2 aromatic rings. The van der Waals surface area contributed by atoms with Gasteiger partial charge in [-0.25, -0.2) is 9.98 Å². The Labute approximate surface area is 150 Å². The number of nitrogens with zero attached hydrogens (tertiary/aromatic N) is 4. The third-order valence-electron chi connectivity index (χ3n) is 4.91. The van der Waals surface area contributed by atoms with Gasteiger partial charge in [0.15, 0.2) is 0 Å². The molecule has 0 spiro atoms. The third kappa shape index (κ3) is 3.29. The Balaban J connectivity index is 1.54. The summed E-state index contributed by atoms with van der Waals surface area (Å²) in [5.41, 5.74) is 4.23. The summed E-state index contributed by atoms with van der Waals surface area (Å²) in [6.45, 7) is 2.15. The van der Waals surface area contributed by atoms with Crippen LogP contribution in [0.3, 0.4) is 0 Å². The summed E-state index contributed by atoms with van der Waals surface area (Å²) >= 11 is 1.60. The van der Waals surface area contributed by atoms with E-state index in [1.54, 1.807) is 11.3 Å². The van der Waals surface area contributed by atoms with Gasteiger partial charge in [-0.1, -0.05) is 6.07 Å². The van der Waals surface area contributed by atoms with Crippen molar-refractivity contribution in [2.45, 2.75) is 18.9 Å². The molecule has 2 aliphatic heterocycles. The topological polar surface area (TPSA) is 60.8 Å². The average molecular weight is 355 g/mol. The maximum absolute atomic E-state index is 12.3. The van der Waals surface area contributed by atoms with Gasteiger partial charge >= 0.3 is 0 Å². The molecule has 130 valence electrons. The fraction of sp³-hybridized carbons (Fsp3) is 0.389. The van der Waals surface area contributed by atoms with Gasteiger partial charge < -0.3 is 9.80 Å². The van der Waals surface area contributed by atoms with Gasteiger partial charge in [0.1, 0.15) is 5.70 Å². The number of fused-ring (bicyclic) bond motifs is 1. The van der Waals surface area contributed by atoms with E-state index in [4.69, 9.17) is 0 Å². The minimum atomic E-state index is -0.140. The highest BCUT2D eigenvalue weighted by Crippen LogP contribution is 2.22. The lowest BCUT2D eigenvalue weighted by atomic mass is 10.0. The van der Waals surface area contributed by atoms with Crippen molar-refractivity contribution < 1.29 is 4.79 Å². The zero-order valence-corrected chi connectivity index (χ0v) is 15.2. The predicted octanol–water partition coefficient (Wildman–Crippen LogP) is 2.15. The summed E-state index contributed by atoms with van der Waals surface area (Å²) in [6, 6.07) is 6.40. The number of nitrogens with one attached hydrogen (secondary N) is 1. The molecule has 0 atom stereocenters. The molecule has 0 unspecified atom stereocenters. The van der Waals surface area contributed by atoms with Crippen LogP contribution in [0.25, 0.3) is 16.3 Å². The van der Waals surface area contributed by atoms with E-state index in [9.17, 15) is 4.79 Å². The van der Waals surface area contributed by atoms with Crippen molar-refractivity contribution in [3.8, 4) is 0 Å². The molecule has 0 saturated carbocycles. The Kier molecular flexibility index (Phi) is 4.27. The predicted molar refractivity (Wildman–Crippen MR) is 101 cm³/mol. The minimum absolute atomic E-state index is 0.140. The normalized spacial score (nSPS) is 21.0. The van der Waals surface area contributed by atoms with E-state index in [0.717, 1.165) is 41.7 Å². The summed E-state index contributed by atoms with van der Waals surface area (Å²) in [5, 5.41) is 2.91. The monoisotopic (exact) mass is 355 g/mol. The Bertz CT molecular complexity index is 863. The lowest BCUT2D eigenvalue weighted by molar-refractivity contribution is -0.115. The highest BCUT2D eigenvalue weighted by Gasteiger charge is 2.28. The maximum Gasteiger partial charge on any atom is 0.276 e. The first-order valence-electron chi connectivity index (χ1n) is 8.46. The number of aliphatic imine (C=N–C) groups is 1. The minimum Gasteiger partial charge on any atom is -0.342 e. The fourth-order valence-corrected chi connectivity index (χ4v) is 4.02. The first-order valence-corrected chi connectivity index (χ1v) is 9.34. The van der Waals surface area contributed by atoms with E-state index in [0.29, 0.717) is 17.7 Å². The van der Waals surface area contributed by atoms with Crippen molar-refractivity contribution >= 4 is 39.5 Å². The first-order chi connectivity index (χ1) is 12.1. The van der Waals surface area contributed by atoms with Gasteiger partial charge in [-0.2, -0.15) is 0 Å². The number of piperidine rings is 1. The van der Waals surface area contributed by atoms with E-state index in [2.05, 4.69) is 32.1 Å². The number of amides is 1. The summed E-state index contributed by atoms with van der Waals surface area (Å²) in [7, 11) is 4.16. The van der Waals surface area contributed by atoms with Gasteiger partial charge in [0, 0.05) is 13.1 Å². The van der Waals surface area contributed by atoms with Gasteiger partial charge in [0.05, 0.1) is 15.7 Å². The number of rotatable bonds is 2. The van der Waals surface area contributed by atoms with Crippen LogP contribution < -0.4 is 5.32 Å². The van der Waals surface area contributed by atoms with Crippen molar-refractivity contribution in [3.05, 3.63) is 35.0 Å². The van der Waals surface area contributed by atoms with Gasteiger partial charge in [-0.15, -0.1) is 11.3 Å². The van der Waals surface area contributed by atoms with Crippen LogP contribution in [0.2, 0.25) is 0 Å². The van der Waals surface area contributed by atoms with E-state index < -0.39 is 0 Å². The zero-order chi connectivity index (χ0) is 17.4. The number of guanidine groups is 1. The highest BCUT2D eigenvalue weighted by atomic mass is 32.1. The molecule has 6 nitrogen and oxygen atoms in total.